The number of amides is 2. The molecule has 0 saturated carbocycles. The third-order valence-electron chi connectivity index (χ3n) is 4.21. The third-order valence-corrected chi connectivity index (χ3v) is 5.10. The molecule has 0 atom stereocenters. The van der Waals surface area contributed by atoms with Crippen molar-refractivity contribution >= 4 is 29.0 Å². The first-order valence-electron chi connectivity index (χ1n) is 8.96. The maximum atomic E-state index is 12.3. The maximum Gasteiger partial charge on any atom is 0.326 e. The van der Waals surface area contributed by atoms with Crippen LogP contribution in [0.3, 0.4) is 0 Å². The number of pyridine rings is 2. The van der Waals surface area contributed by atoms with E-state index in [2.05, 4.69) is 30.5 Å². The molecule has 0 spiro atoms. The fourth-order valence-corrected chi connectivity index (χ4v) is 3.61. The van der Waals surface area contributed by atoms with Crippen LogP contribution in [0.5, 0.6) is 0 Å². The van der Waals surface area contributed by atoms with Crippen LogP contribution in [-0.2, 0) is 11.3 Å². The highest BCUT2D eigenvalue weighted by Gasteiger charge is 2.12. The molecule has 1 aliphatic rings. The van der Waals surface area contributed by atoms with Crippen LogP contribution in [0.2, 0.25) is 0 Å². The Labute approximate surface area is 166 Å². The van der Waals surface area contributed by atoms with Gasteiger partial charge in [0.25, 0.3) is 0 Å². The van der Waals surface area contributed by atoms with Crippen LogP contribution in [0, 0.1) is 0 Å². The van der Waals surface area contributed by atoms with Gasteiger partial charge in [-0.1, -0.05) is 6.07 Å². The molecule has 144 valence electrons. The summed E-state index contributed by atoms with van der Waals surface area (Å²) >= 11 is 1.46. The average molecular weight is 396 g/mol. The van der Waals surface area contributed by atoms with E-state index in [1.54, 1.807) is 23.8 Å². The standard InChI is InChI=1S/C19H20N6O2S/c26-19(24-17-13-28-18(22-17)14-4-6-20-7-5-14)23-16-3-1-2-15(21-16)12-25-8-10-27-11-9-25/h1-7,13H,8-12H2,(H2,21,23,24,26). The number of anilines is 2. The lowest BCUT2D eigenvalue weighted by Gasteiger charge is -2.26. The van der Waals surface area contributed by atoms with Crippen molar-refractivity contribution in [3.8, 4) is 10.6 Å². The normalized spacial score (nSPS) is 14.6. The number of ether oxygens (including phenoxy) is 1. The Morgan fingerprint density at radius 2 is 1.86 bits per heavy atom. The van der Waals surface area contributed by atoms with Gasteiger partial charge in [0, 0.05) is 43.0 Å². The van der Waals surface area contributed by atoms with Crippen molar-refractivity contribution in [3.63, 3.8) is 0 Å². The molecule has 0 unspecified atom stereocenters. The number of urea groups is 1. The summed E-state index contributed by atoms with van der Waals surface area (Å²) in [6.45, 7) is 4.01. The van der Waals surface area contributed by atoms with Gasteiger partial charge in [-0.3, -0.25) is 20.5 Å². The Morgan fingerprint density at radius 1 is 1.07 bits per heavy atom. The number of nitrogens with one attached hydrogen (secondary N) is 2. The summed E-state index contributed by atoms with van der Waals surface area (Å²) in [5.41, 5.74) is 1.87. The number of aromatic nitrogens is 3. The van der Waals surface area contributed by atoms with E-state index < -0.39 is 0 Å². The Morgan fingerprint density at radius 3 is 2.68 bits per heavy atom. The van der Waals surface area contributed by atoms with Crippen LogP contribution in [0.4, 0.5) is 16.4 Å². The molecule has 0 aromatic carbocycles. The molecule has 9 heteroatoms. The van der Waals surface area contributed by atoms with E-state index in [1.165, 1.54) is 11.3 Å². The Hall–Kier alpha value is -2.88. The molecule has 0 bridgehead atoms. The summed E-state index contributed by atoms with van der Waals surface area (Å²) in [5, 5.41) is 8.14. The molecular weight excluding hydrogens is 376 g/mol. The predicted molar refractivity (Wildman–Crippen MR) is 108 cm³/mol. The SMILES string of the molecule is O=C(Nc1cccc(CN2CCOCC2)n1)Nc1csc(-c2ccncc2)n1. The van der Waals surface area contributed by atoms with Crippen molar-refractivity contribution in [1.29, 1.82) is 0 Å². The smallest absolute Gasteiger partial charge is 0.326 e. The predicted octanol–water partition coefficient (Wildman–Crippen LogP) is 3.08. The highest BCUT2D eigenvalue weighted by Crippen LogP contribution is 2.25. The second kappa shape index (κ2) is 8.87. The van der Waals surface area contributed by atoms with E-state index in [-0.39, 0.29) is 6.03 Å². The summed E-state index contributed by atoms with van der Waals surface area (Å²) in [6.07, 6.45) is 3.43. The van der Waals surface area contributed by atoms with E-state index in [0.29, 0.717) is 11.6 Å². The molecule has 1 aliphatic heterocycles. The summed E-state index contributed by atoms with van der Waals surface area (Å²) in [6, 6.07) is 9.01. The summed E-state index contributed by atoms with van der Waals surface area (Å²) in [5.74, 6) is 1.01. The number of rotatable bonds is 5. The summed E-state index contributed by atoms with van der Waals surface area (Å²) < 4.78 is 5.36. The average Bonchev–Trinajstić information content (AvgIpc) is 3.18. The minimum absolute atomic E-state index is 0.373. The van der Waals surface area contributed by atoms with Gasteiger partial charge in [0.15, 0.2) is 0 Å². The molecular formula is C19H20N6O2S. The van der Waals surface area contributed by atoms with Crippen molar-refractivity contribution in [3.05, 3.63) is 53.8 Å². The van der Waals surface area contributed by atoms with E-state index >= 15 is 0 Å². The van der Waals surface area contributed by atoms with Crippen LogP contribution in [0.25, 0.3) is 10.6 Å². The molecule has 3 aromatic rings. The fraction of sp³-hybridized carbons (Fsp3) is 0.263. The van der Waals surface area contributed by atoms with Crippen molar-refractivity contribution in [2.24, 2.45) is 0 Å². The highest BCUT2D eigenvalue weighted by atomic mass is 32.1. The molecule has 1 saturated heterocycles. The monoisotopic (exact) mass is 396 g/mol. The van der Waals surface area contributed by atoms with Gasteiger partial charge < -0.3 is 4.74 Å². The van der Waals surface area contributed by atoms with Gasteiger partial charge in [0.2, 0.25) is 0 Å². The lowest BCUT2D eigenvalue weighted by Crippen LogP contribution is -2.35. The van der Waals surface area contributed by atoms with E-state index in [0.717, 1.165) is 49.1 Å². The lowest BCUT2D eigenvalue weighted by atomic mass is 10.3. The fourth-order valence-electron chi connectivity index (χ4n) is 2.85. The van der Waals surface area contributed by atoms with E-state index in [9.17, 15) is 4.79 Å². The molecule has 2 N–H and O–H groups in total. The van der Waals surface area contributed by atoms with Crippen molar-refractivity contribution in [1.82, 2.24) is 19.9 Å². The van der Waals surface area contributed by atoms with Crippen molar-refractivity contribution in [2.45, 2.75) is 6.54 Å². The Kier molecular flexibility index (Phi) is 5.86. The van der Waals surface area contributed by atoms with Gasteiger partial charge in [-0.15, -0.1) is 11.3 Å². The van der Waals surface area contributed by atoms with Gasteiger partial charge in [-0.25, -0.2) is 14.8 Å². The van der Waals surface area contributed by atoms with E-state index in [1.807, 2.05) is 24.3 Å². The number of hydrogen-bond acceptors (Lipinski definition) is 7. The zero-order valence-electron chi connectivity index (χ0n) is 15.2. The number of nitrogens with zero attached hydrogens (tertiary/aromatic N) is 4. The van der Waals surface area contributed by atoms with Crippen molar-refractivity contribution in [2.75, 3.05) is 36.9 Å². The number of hydrogen-bond donors (Lipinski definition) is 2. The third kappa shape index (κ3) is 4.89. The topological polar surface area (TPSA) is 92.3 Å². The molecule has 4 heterocycles. The van der Waals surface area contributed by atoms with Gasteiger partial charge in [-0.05, 0) is 24.3 Å². The van der Waals surface area contributed by atoms with Crippen LogP contribution in [0.15, 0.2) is 48.1 Å². The quantitative estimate of drug-likeness (QED) is 0.689. The molecule has 2 amide bonds. The number of morpholine rings is 1. The molecule has 28 heavy (non-hydrogen) atoms. The number of thiazole rings is 1. The molecule has 8 nitrogen and oxygen atoms in total. The second-order valence-electron chi connectivity index (χ2n) is 6.26. The van der Waals surface area contributed by atoms with Gasteiger partial charge in [0.05, 0.1) is 18.9 Å². The summed E-state index contributed by atoms with van der Waals surface area (Å²) in [4.78, 5) is 27.5. The molecule has 0 radical (unpaired) electrons. The zero-order valence-corrected chi connectivity index (χ0v) is 16.0. The van der Waals surface area contributed by atoms with Crippen LogP contribution in [0.1, 0.15) is 5.69 Å². The maximum absolute atomic E-state index is 12.3. The molecule has 1 fully saturated rings. The van der Waals surface area contributed by atoms with Crippen LogP contribution >= 0.6 is 11.3 Å². The van der Waals surface area contributed by atoms with Gasteiger partial charge in [-0.2, -0.15) is 0 Å². The van der Waals surface area contributed by atoms with Gasteiger partial charge in [0.1, 0.15) is 16.6 Å². The van der Waals surface area contributed by atoms with Crippen molar-refractivity contribution < 1.29 is 9.53 Å². The molecule has 0 aliphatic carbocycles. The number of carbonyl (C=O) groups is 1. The lowest BCUT2D eigenvalue weighted by molar-refractivity contribution is 0.0337. The first-order chi connectivity index (χ1) is 13.8. The molecule has 3 aromatic heterocycles. The zero-order chi connectivity index (χ0) is 19.2. The molecule has 4 rings (SSSR count). The highest BCUT2D eigenvalue weighted by molar-refractivity contribution is 7.13. The van der Waals surface area contributed by atoms with E-state index in [4.69, 9.17) is 4.74 Å². The summed E-state index contributed by atoms with van der Waals surface area (Å²) in [7, 11) is 0. The number of carbonyl (C=O) groups excluding carboxylic acids is 1. The minimum Gasteiger partial charge on any atom is -0.379 e. The largest absolute Gasteiger partial charge is 0.379 e. The van der Waals surface area contributed by atoms with Crippen LogP contribution in [-0.4, -0.2) is 52.2 Å². The first-order valence-corrected chi connectivity index (χ1v) is 9.84. The first kappa shape index (κ1) is 18.5. The minimum atomic E-state index is -0.373. The second-order valence-corrected chi connectivity index (χ2v) is 7.11. The van der Waals surface area contributed by atoms with Crippen LogP contribution < -0.4 is 10.6 Å². The Bertz CT molecular complexity index is 927. The van der Waals surface area contributed by atoms with Gasteiger partial charge >= 0.3 is 6.03 Å². The Balaban J connectivity index is 1.35.